The Morgan fingerprint density at radius 3 is 2.40 bits per heavy atom. The molecule has 35 heavy (non-hydrogen) atoms. The maximum absolute atomic E-state index is 12.2. The number of fused-ring (bicyclic) bond motifs is 2. The summed E-state index contributed by atoms with van der Waals surface area (Å²) in [5.41, 5.74) is 6.31. The lowest BCUT2D eigenvalue weighted by molar-refractivity contribution is -0.139. The van der Waals surface area contributed by atoms with Gasteiger partial charge in [-0.2, -0.15) is 0 Å². The predicted octanol–water partition coefficient (Wildman–Crippen LogP) is 5.61. The van der Waals surface area contributed by atoms with Crippen molar-refractivity contribution in [3.63, 3.8) is 0 Å². The van der Waals surface area contributed by atoms with E-state index in [1.807, 2.05) is 18.2 Å². The Kier molecular flexibility index (Phi) is 7.76. The molecule has 1 aliphatic carbocycles. The molecule has 0 bridgehead atoms. The second-order valence-corrected chi connectivity index (χ2v) is 8.76. The lowest BCUT2D eigenvalue weighted by Gasteiger charge is -2.33. The van der Waals surface area contributed by atoms with Crippen LogP contribution < -0.4 is 9.64 Å². The molecule has 0 N–H and O–H groups in total. The fraction of sp³-hybridized carbons (Fsp3) is 0.367. The van der Waals surface area contributed by atoms with Crippen molar-refractivity contribution < 1.29 is 14.3 Å². The second-order valence-electron chi connectivity index (χ2n) is 8.76. The van der Waals surface area contributed by atoms with Gasteiger partial charge in [0.05, 0.1) is 19.6 Å². The Bertz CT molecular complexity index is 1170. The molecule has 0 fully saturated rings. The number of esters is 1. The molecule has 5 nitrogen and oxygen atoms in total. The molecule has 184 valence electrons. The van der Waals surface area contributed by atoms with Crippen molar-refractivity contribution in [1.82, 2.24) is 4.90 Å². The maximum atomic E-state index is 12.2. The molecule has 0 saturated heterocycles. The lowest BCUT2D eigenvalue weighted by Crippen LogP contribution is -2.34. The predicted molar refractivity (Wildman–Crippen MR) is 143 cm³/mol. The van der Waals surface area contributed by atoms with Crippen LogP contribution in [-0.4, -0.2) is 50.2 Å². The van der Waals surface area contributed by atoms with Gasteiger partial charge in [-0.25, -0.2) is 0 Å². The summed E-state index contributed by atoms with van der Waals surface area (Å²) in [5.74, 6) is 1.47. The molecule has 0 radical (unpaired) electrons. The molecule has 1 unspecified atom stereocenters. The Morgan fingerprint density at radius 1 is 0.971 bits per heavy atom. The first-order valence-electron chi connectivity index (χ1n) is 12.6. The van der Waals surface area contributed by atoms with E-state index in [0.717, 1.165) is 71.2 Å². The number of benzene rings is 2. The number of hydrogen-bond acceptors (Lipinski definition) is 5. The van der Waals surface area contributed by atoms with Gasteiger partial charge in [-0.1, -0.05) is 50.3 Å². The molecule has 1 heterocycles. The monoisotopic (exact) mass is 472 g/mol. The highest BCUT2D eigenvalue weighted by atomic mass is 16.5. The van der Waals surface area contributed by atoms with Crippen LogP contribution in [0.15, 0.2) is 72.0 Å². The molecular weight excluding hydrogens is 436 g/mol. The van der Waals surface area contributed by atoms with Crippen LogP contribution in [0.4, 0.5) is 5.69 Å². The number of rotatable bonds is 9. The van der Waals surface area contributed by atoms with Gasteiger partial charge in [-0.05, 0) is 56.3 Å². The minimum Gasteiger partial charge on any atom is -0.469 e. The van der Waals surface area contributed by atoms with Crippen molar-refractivity contribution in [3.8, 4) is 5.75 Å². The number of nitrogens with zero attached hydrogens (tertiary/aromatic N) is 2. The van der Waals surface area contributed by atoms with Crippen LogP contribution in [0.3, 0.4) is 0 Å². The van der Waals surface area contributed by atoms with Crippen molar-refractivity contribution in [3.05, 3.63) is 88.7 Å². The molecule has 0 aromatic heterocycles. The topological polar surface area (TPSA) is 42.0 Å². The largest absolute Gasteiger partial charge is 0.469 e. The Labute approximate surface area is 209 Å². The normalized spacial score (nSPS) is 16.4. The zero-order valence-corrected chi connectivity index (χ0v) is 21.5. The van der Waals surface area contributed by atoms with E-state index < -0.39 is 0 Å². The summed E-state index contributed by atoms with van der Waals surface area (Å²) in [6.07, 6.45) is 6.87. The summed E-state index contributed by atoms with van der Waals surface area (Å²) in [4.78, 5) is 16.9. The van der Waals surface area contributed by atoms with Crippen LogP contribution in [0.2, 0.25) is 0 Å². The molecule has 5 heteroatoms. The minimum atomic E-state index is -0.247. The van der Waals surface area contributed by atoms with E-state index in [1.54, 1.807) is 0 Å². The Hall–Kier alpha value is -3.31. The van der Waals surface area contributed by atoms with E-state index in [9.17, 15) is 4.79 Å². The van der Waals surface area contributed by atoms with Crippen molar-refractivity contribution in [2.45, 2.75) is 40.2 Å². The van der Waals surface area contributed by atoms with E-state index in [0.29, 0.717) is 0 Å². The molecule has 1 aliphatic heterocycles. The fourth-order valence-corrected chi connectivity index (χ4v) is 5.03. The number of carbonyl (C=O) groups is 1. The fourth-order valence-electron chi connectivity index (χ4n) is 5.03. The zero-order valence-electron chi connectivity index (χ0n) is 21.5. The number of ether oxygens (including phenoxy) is 2. The molecule has 1 atom stereocenters. The van der Waals surface area contributed by atoms with E-state index in [-0.39, 0.29) is 18.4 Å². The molecule has 0 saturated carbocycles. The van der Waals surface area contributed by atoms with Gasteiger partial charge in [0.25, 0.3) is 0 Å². The lowest BCUT2D eigenvalue weighted by atomic mass is 9.84. The van der Waals surface area contributed by atoms with Crippen molar-refractivity contribution in [2.75, 3.05) is 38.2 Å². The number of likely N-dealkylation sites (N-methyl/N-ethyl adjacent to an activating group) is 1. The highest BCUT2D eigenvalue weighted by Crippen LogP contribution is 2.45. The van der Waals surface area contributed by atoms with Crippen molar-refractivity contribution in [1.29, 1.82) is 0 Å². The van der Waals surface area contributed by atoms with Crippen molar-refractivity contribution >= 4 is 17.2 Å². The zero-order chi connectivity index (χ0) is 24.9. The van der Waals surface area contributed by atoms with Crippen LogP contribution >= 0.6 is 0 Å². The van der Waals surface area contributed by atoms with Gasteiger partial charge in [0, 0.05) is 41.6 Å². The van der Waals surface area contributed by atoms with E-state index in [1.165, 1.54) is 7.11 Å². The number of allylic oxidation sites excluding steroid dienone is 1. The van der Waals surface area contributed by atoms with Gasteiger partial charge in [0.2, 0.25) is 0 Å². The third kappa shape index (κ3) is 4.92. The molecule has 0 spiro atoms. The van der Waals surface area contributed by atoms with Crippen LogP contribution in [0, 0.1) is 0 Å². The molecule has 2 aromatic rings. The first kappa shape index (κ1) is 24.8. The summed E-state index contributed by atoms with van der Waals surface area (Å²) < 4.78 is 11.6. The summed E-state index contributed by atoms with van der Waals surface area (Å²) in [5, 5.41) is 0. The molecule has 2 aliphatic rings. The molecular formula is C30H36N2O3. The Balaban J connectivity index is 1.91. The first-order valence-corrected chi connectivity index (χ1v) is 12.6. The van der Waals surface area contributed by atoms with Gasteiger partial charge in [-0.15, -0.1) is 0 Å². The second kappa shape index (κ2) is 11.0. The van der Waals surface area contributed by atoms with Crippen molar-refractivity contribution in [2.24, 2.45) is 0 Å². The number of anilines is 1. The number of hydrogen-bond donors (Lipinski definition) is 0. The summed E-state index contributed by atoms with van der Waals surface area (Å²) in [6.45, 7) is 12.5. The highest BCUT2D eigenvalue weighted by Gasteiger charge is 2.30. The standard InChI is InChI=1S/C30H36N2O3/c1-6-31(7-2)22-14-16-25-27(19-22)35-28-20-23(32(8-3)9-4)15-17-26(28)30(25)24-13-11-10-12-21(24)18-29(33)34-5/h10-17,19-20,22H,6-9,18H2,1-5H3. The van der Waals surface area contributed by atoms with Gasteiger partial charge in [0.1, 0.15) is 11.5 Å². The molecule has 4 rings (SSSR count). The van der Waals surface area contributed by atoms with E-state index >= 15 is 0 Å². The van der Waals surface area contributed by atoms with E-state index in [2.05, 4.69) is 80.0 Å². The van der Waals surface area contributed by atoms with Crippen LogP contribution in [-0.2, 0) is 16.0 Å². The quantitative estimate of drug-likeness (QED) is 0.444. The van der Waals surface area contributed by atoms with Crippen LogP contribution in [0.1, 0.15) is 44.4 Å². The van der Waals surface area contributed by atoms with Gasteiger partial charge >= 0.3 is 5.97 Å². The maximum Gasteiger partial charge on any atom is 0.309 e. The van der Waals surface area contributed by atoms with Gasteiger partial charge in [0.15, 0.2) is 0 Å². The van der Waals surface area contributed by atoms with Crippen LogP contribution in [0.25, 0.3) is 5.57 Å². The first-order chi connectivity index (χ1) is 17.0. The molecule has 0 amide bonds. The summed E-state index contributed by atoms with van der Waals surface area (Å²) in [7, 11) is 1.43. The van der Waals surface area contributed by atoms with Crippen LogP contribution in [0.5, 0.6) is 5.75 Å². The Morgan fingerprint density at radius 2 is 1.71 bits per heavy atom. The highest BCUT2D eigenvalue weighted by molar-refractivity contribution is 5.93. The van der Waals surface area contributed by atoms with Gasteiger partial charge in [-0.3, -0.25) is 9.69 Å². The third-order valence-corrected chi connectivity index (χ3v) is 6.98. The third-order valence-electron chi connectivity index (χ3n) is 6.98. The van der Waals surface area contributed by atoms with Gasteiger partial charge < -0.3 is 14.4 Å². The number of carbonyl (C=O) groups excluding carboxylic acids is 1. The summed E-state index contributed by atoms with van der Waals surface area (Å²) >= 11 is 0. The minimum absolute atomic E-state index is 0.183. The van der Waals surface area contributed by atoms with E-state index in [4.69, 9.17) is 9.47 Å². The summed E-state index contributed by atoms with van der Waals surface area (Å²) in [6, 6.07) is 14.7. The smallest absolute Gasteiger partial charge is 0.309 e. The average Bonchev–Trinajstić information content (AvgIpc) is 2.89. The SMILES string of the molecule is CCN(CC)c1ccc2c(c1)OC1=CC(N(CC)CC)C=CC1=C2c1ccccc1CC(=O)OC. The average molecular weight is 473 g/mol. The number of methoxy groups -OCH3 is 1. The molecule has 2 aromatic carbocycles.